The van der Waals surface area contributed by atoms with Gasteiger partial charge in [-0.2, -0.15) is 24.0 Å². The summed E-state index contributed by atoms with van der Waals surface area (Å²) < 4.78 is 0. The van der Waals surface area contributed by atoms with Crippen LogP contribution in [0.3, 0.4) is 0 Å². The summed E-state index contributed by atoms with van der Waals surface area (Å²) in [7, 11) is 1.18. The van der Waals surface area contributed by atoms with Crippen LogP contribution in [-0.2, 0) is 14.8 Å². The number of halogens is 1. The third-order valence-electron chi connectivity index (χ3n) is 0.517. The van der Waals surface area contributed by atoms with Crippen molar-refractivity contribution in [2.45, 2.75) is 0 Å². The summed E-state index contributed by atoms with van der Waals surface area (Å²) in [6, 6.07) is 5.90. The maximum atomic E-state index is 2.99. The molecular formula is C5H4IPZn. The van der Waals surface area contributed by atoms with Crippen LogP contribution in [-0.4, -0.2) is 0 Å². The van der Waals surface area contributed by atoms with E-state index in [0.717, 1.165) is 0 Å². The SMILES string of the molecule is [Zn+][I].[c-]1ccccp1. The van der Waals surface area contributed by atoms with E-state index in [4.69, 9.17) is 0 Å². The fourth-order valence-electron chi connectivity index (χ4n) is 0.277. The minimum Gasteiger partial charge on any atom is -0.220 e. The summed E-state index contributed by atoms with van der Waals surface area (Å²) in [6.07, 6.45) is 0. The summed E-state index contributed by atoms with van der Waals surface area (Å²) in [5.74, 6) is 5.03. The van der Waals surface area contributed by atoms with Crippen LogP contribution >= 0.6 is 27.9 Å². The van der Waals surface area contributed by atoms with E-state index in [1.807, 2.05) is 24.0 Å². The molecule has 1 rings (SSSR count). The summed E-state index contributed by atoms with van der Waals surface area (Å²) in [6.45, 7) is 0. The zero-order valence-corrected chi connectivity index (χ0v) is 10.4. The molecule has 0 aliphatic rings. The van der Waals surface area contributed by atoms with Gasteiger partial charge in [-0.25, -0.2) is 8.19 Å². The van der Waals surface area contributed by atoms with Gasteiger partial charge in [0, 0.05) is 0 Å². The Morgan fingerprint density at radius 2 is 2.12 bits per heavy atom. The molecule has 0 nitrogen and oxygen atoms in total. The van der Waals surface area contributed by atoms with Crippen LogP contribution in [0.4, 0.5) is 0 Å². The Balaban J connectivity index is 0.000000222. The molecule has 0 amide bonds. The maximum absolute atomic E-state index is 2.99. The second-order valence-electron chi connectivity index (χ2n) is 0.959. The van der Waals surface area contributed by atoms with Crippen molar-refractivity contribution in [2.75, 3.05) is 0 Å². The van der Waals surface area contributed by atoms with E-state index < -0.39 is 0 Å². The summed E-state index contributed by atoms with van der Waals surface area (Å²) in [5.41, 5.74) is 0. The molecule has 1 aromatic heterocycles. The van der Waals surface area contributed by atoms with E-state index in [9.17, 15) is 0 Å². The molecule has 0 saturated heterocycles. The van der Waals surface area contributed by atoms with Crippen molar-refractivity contribution in [3.63, 3.8) is 0 Å². The van der Waals surface area contributed by atoms with Crippen molar-refractivity contribution in [3.8, 4) is 0 Å². The Labute approximate surface area is 72.0 Å². The molecule has 0 saturated carbocycles. The molecule has 0 bridgehead atoms. The average molecular weight is 287 g/mol. The number of hydrogen-bond acceptors (Lipinski definition) is 0. The van der Waals surface area contributed by atoms with Crippen molar-refractivity contribution >= 4 is 27.9 Å². The van der Waals surface area contributed by atoms with Gasteiger partial charge < -0.3 is 0 Å². The largest absolute Gasteiger partial charge is 0.220 e. The zero-order chi connectivity index (χ0) is 6.24. The van der Waals surface area contributed by atoms with Crippen LogP contribution in [0.25, 0.3) is 0 Å². The van der Waals surface area contributed by atoms with Crippen molar-refractivity contribution in [3.05, 3.63) is 29.8 Å². The standard InChI is InChI=1S/C5H4P.HI.Zn/c1-2-4-6-5-3-1;;/h1-4H;1H;/q-1;;+2/p-1. The predicted molar refractivity (Wildman–Crippen MR) is 41.8 cm³/mol. The van der Waals surface area contributed by atoms with Gasteiger partial charge in [-0.15, -0.1) is 5.80 Å². The van der Waals surface area contributed by atoms with Crippen LogP contribution in [0.5, 0.6) is 0 Å². The second kappa shape index (κ2) is 8.00. The van der Waals surface area contributed by atoms with Gasteiger partial charge in [0.1, 0.15) is 0 Å². The molecular weight excluding hydrogens is 283 g/mol. The van der Waals surface area contributed by atoms with Crippen molar-refractivity contribution < 1.29 is 14.8 Å². The van der Waals surface area contributed by atoms with E-state index in [0.29, 0.717) is 0 Å². The molecule has 0 aromatic carbocycles. The Hall–Kier alpha value is 1.00. The number of rotatable bonds is 0. The molecule has 0 radical (unpaired) electrons. The van der Waals surface area contributed by atoms with Crippen LogP contribution < -0.4 is 0 Å². The van der Waals surface area contributed by atoms with Gasteiger partial charge in [-0.1, -0.05) is 0 Å². The predicted octanol–water partition coefficient (Wildman–Crippen LogP) is 2.95. The fourth-order valence-corrected chi connectivity index (χ4v) is 0.721. The summed E-state index contributed by atoms with van der Waals surface area (Å²) in [5, 5.41) is 0. The quantitative estimate of drug-likeness (QED) is 0.391. The van der Waals surface area contributed by atoms with Gasteiger partial charge in [0.05, 0.1) is 0 Å². The molecule has 0 N–H and O–H groups in total. The third kappa shape index (κ3) is 5.15. The van der Waals surface area contributed by atoms with E-state index >= 15 is 0 Å². The average Bonchev–Trinajstić information content (AvgIpc) is 1.96. The van der Waals surface area contributed by atoms with Crippen molar-refractivity contribution in [1.29, 1.82) is 0 Å². The monoisotopic (exact) mass is 286 g/mol. The Kier molecular flexibility index (Phi) is 9.01. The molecule has 0 spiro atoms. The summed E-state index contributed by atoms with van der Waals surface area (Å²) in [4.78, 5) is 0. The molecule has 1 aromatic rings. The van der Waals surface area contributed by atoms with Gasteiger partial charge in [-0.3, -0.25) is 0 Å². The molecule has 3 heteroatoms. The molecule has 0 unspecified atom stereocenters. The molecule has 8 heavy (non-hydrogen) atoms. The van der Waals surface area contributed by atoms with Crippen molar-refractivity contribution in [1.82, 2.24) is 0 Å². The molecule has 1 heterocycles. The number of hydrogen-bond donors (Lipinski definition) is 0. The first-order valence-corrected chi connectivity index (χ1v) is 12.0. The van der Waals surface area contributed by atoms with Gasteiger partial charge in [0.25, 0.3) is 0 Å². The van der Waals surface area contributed by atoms with Gasteiger partial charge in [0.2, 0.25) is 0 Å². The minimum atomic E-state index is 1.18. The first kappa shape index (κ1) is 9.00. The molecule has 0 fully saturated rings. The van der Waals surface area contributed by atoms with Crippen LogP contribution in [0.2, 0.25) is 0 Å². The fraction of sp³-hybridized carbons (Fsp3) is 0. The molecule has 0 aliphatic carbocycles. The van der Waals surface area contributed by atoms with Crippen LogP contribution in [0.15, 0.2) is 24.0 Å². The van der Waals surface area contributed by atoms with E-state index in [2.05, 4.69) is 25.5 Å². The van der Waals surface area contributed by atoms with E-state index in [-0.39, 0.29) is 0 Å². The minimum absolute atomic E-state index is 1.18. The smallest absolute Gasteiger partial charge is 0.143 e. The Morgan fingerprint density at radius 1 is 1.38 bits per heavy atom. The zero-order valence-electron chi connectivity index (χ0n) is 4.34. The first-order chi connectivity index (χ1) is 4.00. The van der Waals surface area contributed by atoms with E-state index in [1.165, 1.54) is 23.0 Å². The first-order valence-electron chi connectivity index (χ1n) is 2.04. The van der Waals surface area contributed by atoms with Gasteiger partial charge in [0.15, 0.2) is 0 Å². The van der Waals surface area contributed by atoms with Gasteiger partial charge >= 0.3 is 34.5 Å². The molecule has 38 valence electrons. The Bertz CT molecular complexity index is 84.4. The normalized spacial score (nSPS) is 7.88. The molecule has 0 aliphatic heterocycles. The molecule has 0 atom stereocenters. The Morgan fingerprint density at radius 3 is 2.25 bits per heavy atom. The van der Waals surface area contributed by atoms with Crippen LogP contribution in [0.1, 0.15) is 0 Å². The van der Waals surface area contributed by atoms with Crippen LogP contribution in [0, 0.1) is 5.80 Å². The summed E-state index contributed by atoms with van der Waals surface area (Å²) >= 11 is 3.62. The maximum Gasteiger partial charge on any atom is -0.143 e. The van der Waals surface area contributed by atoms with Crippen molar-refractivity contribution in [2.24, 2.45) is 0 Å². The van der Waals surface area contributed by atoms with E-state index in [1.54, 1.807) is 0 Å². The topological polar surface area (TPSA) is 0 Å². The van der Waals surface area contributed by atoms with Gasteiger partial charge in [-0.05, 0) is 0 Å². The second-order valence-corrected chi connectivity index (χ2v) is 1.77. The third-order valence-corrected chi connectivity index (χ3v) is 1.14.